The van der Waals surface area contributed by atoms with Crippen LogP contribution in [0, 0.1) is 0 Å². The molecular formula is C6H12N4. The molecule has 0 saturated heterocycles. The first-order valence-corrected chi connectivity index (χ1v) is 2.73. The van der Waals surface area contributed by atoms with E-state index in [1.165, 1.54) is 0 Å². The van der Waals surface area contributed by atoms with Crippen molar-refractivity contribution in [3.63, 3.8) is 0 Å². The van der Waals surface area contributed by atoms with E-state index in [-0.39, 0.29) is 0 Å². The lowest BCUT2D eigenvalue weighted by Gasteiger charge is -1.90. The fraction of sp³-hybridized carbons (Fsp3) is 0. The highest BCUT2D eigenvalue weighted by atomic mass is 15.0. The molecule has 10 heavy (non-hydrogen) atoms. The van der Waals surface area contributed by atoms with E-state index in [0.29, 0.717) is 0 Å². The summed E-state index contributed by atoms with van der Waals surface area (Å²) in [6.45, 7) is 0. The lowest BCUT2D eigenvalue weighted by atomic mass is 10.3. The van der Waals surface area contributed by atoms with Gasteiger partial charge in [-0.25, -0.2) is 0 Å². The Morgan fingerprint density at radius 3 is 1.10 bits per heavy atom. The molecule has 0 heterocycles. The molecule has 0 aliphatic heterocycles. The second-order valence-electron chi connectivity index (χ2n) is 1.67. The standard InChI is InChI=1S/C6H8N2.H4N2/c7-5-1-2-6(8)4-3-5;1-2/h1-4H,7-8H2;1-2H2. The van der Waals surface area contributed by atoms with Gasteiger partial charge in [0.15, 0.2) is 0 Å². The number of hydrazine groups is 1. The minimum Gasteiger partial charge on any atom is -0.399 e. The van der Waals surface area contributed by atoms with Gasteiger partial charge >= 0.3 is 0 Å². The van der Waals surface area contributed by atoms with E-state index in [9.17, 15) is 0 Å². The van der Waals surface area contributed by atoms with Gasteiger partial charge in [-0.05, 0) is 24.3 Å². The third-order valence-corrected chi connectivity index (χ3v) is 0.936. The van der Waals surface area contributed by atoms with Crippen molar-refractivity contribution in [1.82, 2.24) is 0 Å². The van der Waals surface area contributed by atoms with E-state index < -0.39 is 0 Å². The van der Waals surface area contributed by atoms with Crippen LogP contribution in [0.3, 0.4) is 0 Å². The van der Waals surface area contributed by atoms with Gasteiger partial charge in [0.25, 0.3) is 0 Å². The first kappa shape index (κ1) is 8.74. The Morgan fingerprint density at radius 2 is 0.900 bits per heavy atom. The average Bonchev–Trinajstić information content (AvgIpc) is 2.00. The quantitative estimate of drug-likeness (QED) is 0.225. The third-order valence-electron chi connectivity index (χ3n) is 0.936. The predicted octanol–water partition coefficient (Wildman–Crippen LogP) is -0.330. The van der Waals surface area contributed by atoms with Crippen LogP contribution in [0.2, 0.25) is 0 Å². The summed E-state index contributed by atoms with van der Waals surface area (Å²) in [4.78, 5) is 0. The van der Waals surface area contributed by atoms with Crippen LogP contribution in [0.25, 0.3) is 0 Å². The van der Waals surface area contributed by atoms with E-state index in [2.05, 4.69) is 11.7 Å². The predicted molar refractivity (Wildman–Crippen MR) is 43.6 cm³/mol. The van der Waals surface area contributed by atoms with E-state index in [1.807, 2.05) is 0 Å². The van der Waals surface area contributed by atoms with Gasteiger partial charge in [-0.3, -0.25) is 11.7 Å². The van der Waals surface area contributed by atoms with E-state index in [1.54, 1.807) is 24.3 Å². The van der Waals surface area contributed by atoms with Crippen molar-refractivity contribution in [3.05, 3.63) is 24.3 Å². The van der Waals surface area contributed by atoms with Gasteiger partial charge in [-0.2, -0.15) is 0 Å². The van der Waals surface area contributed by atoms with Gasteiger partial charge in [0, 0.05) is 11.4 Å². The van der Waals surface area contributed by atoms with Crippen molar-refractivity contribution in [2.45, 2.75) is 0 Å². The molecule has 0 aliphatic rings. The summed E-state index contributed by atoms with van der Waals surface area (Å²) in [5.74, 6) is 8.00. The zero-order chi connectivity index (χ0) is 7.98. The Balaban J connectivity index is 0.000000371. The van der Waals surface area contributed by atoms with Crippen molar-refractivity contribution in [3.8, 4) is 0 Å². The van der Waals surface area contributed by atoms with Gasteiger partial charge in [0.1, 0.15) is 0 Å². The Bertz CT molecular complexity index is 149. The summed E-state index contributed by atoms with van der Waals surface area (Å²) in [6.07, 6.45) is 0. The van der Waals surface area contributed by atoms with Crippen LogP contribution >= 0.6 is 0 Å². The molecule has 0 atom stereocenters. The van der Waals surface area contributed by atoms with E-state index in [0.717, 1.165) is 11.4 Å². The van der Waals surface area contributed by atoms with E-state index in [4.69, 9.17) is 11.5 Å². The summed E-state index contributed by atoms with van der Waals surface area (Å²) in [5.41, 5.74) is 12.2. The van der Waals surface area contributed by atoms with Crippen molar-refractivity contribution >= 4 is 11.4 Å². The van der Waals surface area contributed by atoms with Crippen LogP contribution in [-0.2, 0) is 0 Å². The first-order chi connectivity index (χ1) is 4.79. The maximum absolute atomic E-state index is 5.37. The van der Waals surface area contributed by atoms with Crippen LogP contribution < -0.4 is 23.2 Å². The molecule has 0 amide bonds. The topological polar surface area (TPSA) is 104 Å². The van der Waals surface area contributed by atoms with Crippen molar-refractivity contribution in [2.24, 2.45) is 11.7 Å². The molecule has 0 aliphatic carbocycles. The molecule has 1 aromatic rings. The molecule has 4 nitrogen and oxygen atoms in total. The highest BCUT2D eigenvalue weighted by Crippen LogP contribution is 2.04. The molecule has 0 fully saturated rings. The van der Waals surface area contributed by atoms with Crippen LogP contribution in [0.1, 0.15) is 0 Å². The average molecular weight is 140 g/mol. The van der Waals surface area contributed by atoms with Crippen LogP contribution in [0.4, 0.5) is 11.4 Å². The maximum atomic E-state index is 5.37. The lowest BCUT2D eigenvalue weighted by molar-refractivity contribution is 1.26. The summed E-state index contributed by atoms with van der Waals surface area (Å²) in [7, 11) is 0. The van der Waals surface area contributed by atoms with Gasteiger partial charge in [-0.15, -0.1) is 0 Å². The summed E-state index contributed by atoms with van der Waals surface area (Å²) in [5, 5.41) is 0. The fourth-order valence-electron chi connectivity index (χ4n) is 0.496. The molecule has 8 N–H and O–H groups in total. The highest BCUT2D eigenvalue weighted by molar-refractivity contribution is 5.47. The molecule has 1 rings (SSSR count). The second-order valence-corrected chi connectivity index (χ2v) is 1.67. The summed E-state index contributed by atoms with van der Waals surface area (Å²) in [6, 6.07) is 7.09. The lowest BCUT2D eigenvalue weighted by Crippen LogP contribution is -2.02. The number of benzene rings is 1. The Hall–Kier alpha value is -1.26. The van der Waals surface area contributed by atoms with Gasteiger partial charge in [-0.1, -0.05) is 0 Å². The summed E-state index contributed by atoms with van der Waals surface area (Å²) >= 11 is 0. The number of nitrogens with two attached hydrogens (primary N) is 4. The monoisotopic (exact) mass is 140 g/mol. The molecular weight excluding hydrogens is 128 g/mol. The highest BCUT2D eigenvalue weighted by Gasteiger charge is 1.80. The normalized spacial score (nSPS) is 7.80. The van der Waals surface area contributed by atoms with Gasteiger partial charge < -0.3 is 11.5 Å². The SMILES string of the molecule is NN.Nc1ccc(N)cc1. The van der Waals surface area contributed by atoms with Crippen LogP contribution in [0.15, 0.2) is 24.3 Å². The Morgan fingerprint density at radius 1 is 0.700 bits per heavy atom. The maximum Gasteiger partial charge on any atom is 0.0315 e. The smallest absolute Gasteiger partial charge is 0.0315 e. The first-order valence-electron chi connectivity index (χ1n) is 2.73. The number of hydrogen-bond donors (Lipinski definition) is 4. The largest absolute Gasteiger partial charge is 0.399 e. The molecule has 0 radical (unpaired) electrons. The molecule has 0 bridgehead atoms. The molecule has 4 heteroatoms. The minimum absolute atomic E-state index is 0.749. The van der Waals surface area contributed by atoms with Crippen LogP contribution in [-0.4, -0.2) is 0 Å². The van der Waals surface area contributed by atoms with Gasteiger partial charge in [0.2, 0.25) is 0 Å². The number of nitrogen functional groups attached to an aromatic ring is 2. The summed E-state index contributed by atoms with van der Waals surface area (Å²) < 4.78 is 0. The molecule has 0 spiro atoms. The van der Waals surface area contributed by atoms with Gasteiger partial charge in [0.05, 0.1) is 0 Å². The number of rotatable bonds is 0. The molecule has 1 aromatic carbocycles. The molecule has 0 unspecified atom stereocenters. The third kappa shape index (κ3) is 2.91. The zero-order valence-electron chi connectivity index (χ0n) is 5.62. The van der Waals surface area contributed by atoms with Crippen LogP contribution in [0.5, 0.6) is 0 Å². The molecule has 0 aromatic heterocycles. The van der Waals surface area contributed by atoms with Crippen molar-refractivity contribution in [2.75, 3.05) is 11.5 Å². The van der Waals surface area contributed by atoms with E-state index >= 15 is 0 Å². The molecule has 0 saturated carbocycles. The molecule has 56 valence electrons. The zero-order valence-corrected chi connectivity index (χ0v) is 5.62. The second kappa shape index (κ2) is 4.60. The minimum atomic E-state index is 0.749. The van der Waals surface area contributed by atoms with Crippen molar-refractivity contribution < 1.29 is 0 Å². The van der Waals surface area contributed by atoms with Crippen molar-refractivity contribution in [1.29, 1.82) is 0 Å². The number of anilines is 2. The Labute approximate surface area is 59.8 Å². The fourth-order valence-corrected chi connectivity index (χ4v) is 0.496. The Kier molecular flexibility index (Phi) is 4.02. The number of hydrogen-bond acceptors (Lipinski definition) is 4.